The number of aromatic nitrogens is 2. The Morgan fingerprint density at radius 1 is 1.64 bits per heavy atom. The first-order valence-electron chi connectivity index (χ1n) is 4.76. The topological polar surface area (TPSA) is 53.6 Å². The third kappa shape index (κ3) is 2.57. The first-order chi connectivity index (χ1) is 6.65. The molecule has 76 valence electrons. The van der Waals surface area contributed by atoms with Crippen LogP contribution in [-0.4, -0.2) is 16.3 Å². The molecule has 0 radical (unpaired) electrons. The Bertz CT molecular complexity index is 323. The molecule has 0 aliphatic rings. The van der Waals surface area contributed by atoms with Crippen LogP contribution in [0.15, 0.2) is 12.3 Å². The molecule has 1 N–H and O–H groups in total. The minimum Gasteiger partial charge on any atom is -0.308 e. The second-order valence-corrected chi connectivity index (χ2v) is 3.54. The zero-order chi connectivity index (χ0) is 10.6. The Morgan fingerprint density at radius 3 is 2.86 bits per heavy atom. The summed E-state index contributed by atoms with van der Waals surface area (Å²) in [6, 6.07) is 4.41. The van der Waals surface area contributed by atoms with Gasteiger partial charge in [0, 0.05) is 25.8 Å². The van der Waals surface area contributed by atoms with E-state index in [1.807, 2.05) is 24.7 Å². The smallest absolute Gasteiger partial charge is 0.0666 e. The quantitative estimate of drug-likeness (QED) is 0.780. The van der Waals surface area contributed by atoms with Gasteiger partial charge in [0.1, 0.15) is 0 Å². The van der Waals surface area contributed by atoms with Crippen LogP contribution < -0.4 is 5.32 Å². The fourth-order valence-electron chi connectivity index (χ4n) is 1.31. The zero-order valence-electron chi connectivity index (χ0n) is 8.86. The van der Waals surface area contributed by atoms with E-state index >= 15 is 0 Å². The lowest BCUT2D eigenvalue weighted by molar-refractivity contribution is 0.499. The molecule has 0 bridgehead atoms. The molecule has 0 spiro atoms. The summed E-state index contributed by atoms with van der Waals surface area (Å²) in [6.45, 7) is 4.69. The number of nitriles is 1. The minimum absolute atomic E-state index is 0.0469. The molecule has 4 nitrogen and oxygen atoms in total. The predicted molar refractivity (Wildman–Crippen MR) is 54.4 cm³/mol. The molecule has 0 aliphatic heterocycles. The van der Waals surface area contributed by atoms with Gasteiger partial charge in [-0.2, -0.15) is 10.4 Å². The largest absolute Gasteiger partial charge is 0.308 e. The Balaban J connectivity index is 2.48. The highest BCUT2D eigenvalue weighted by atomic mass is 15.3. The van der Waals surface area contributed by atoms with Crippen LogP contribution in [0.25, 0.3) is 0 Å². The summed E-state index contributed by atoms with van der Waals surface area (Å²) in [5.41, 5.74) is 1.13. The Labute approximate surface area is 84.5 Å². The average molecular weight is 192 g/mol. The highest BCUT2D eigenvalue weighted by Crippen LogP contribution is 2.10. The molecule has 14 heavy (non-hydrogen) atoms. The molecule has 0 saturated carbocycles. The van der Waals surface area contributed by atoms with E-state index < -0.39 is 0 Å². The Morgan fingerprint density at radius 2 is 2.36 bits per heavy atom. The van der Waals surface area contributed by atoms with Gasteiger partial charge in [-0.15, -0.1) is 0 Å². The SMILES string of the molecule is CC(C#N)CNC(C)c1ccnn1C. The molecule has 0 aromatic carbocycles. The number of nitrogens with one attached hydrogen (secondary N) is 1. The summed E-state index contributed by atoms with van der Waals surface area (Å²) in [5, 5.41) is 16.0. The number of nitrogens with zero attached hydrogens (tertiary/aromatic N) is 3. The summed E-state index contributed by atoms with van der Waals surface area (Å²) in [5.74, 6) is 0.0469. The van der Waals surface area contributed by atoms with E-state index in [0.717, 1.165) is 5.69 Å². The van der Waals surface area contributed by atoms with Crippen LogP contribution in [-0.2, 0) is 7.05 Å². The summed E-state index contributed by atoms with van der Waals surface area (Å²) in [6.07, 6.45) is 1.78. The van der Waals surface area contributed by atoms with E-state index in [4.69, 9.17) is 5.26 Å². The van der Waals surface area contributed by atoms with Gasteiger partial charge in [-0.3, -0.25) is 4.68 Å². The van der Waals surface area contributed by atoms with Crippen molar-refractivity contribution < 1.29 is 0 Å². The van der Waals surface area contributed by atoms with Gasteiger partial charge < -0.3 is 5.32 Å². The van der Waals surface area contributed by atoms with Crippen LogP contribution in [0.5, 0.6) is 0 Å². The molecular formula is C10H16N4. The van der Waals surface area contributed by atoms with Crippen molar-refractivity contribution in [3.63, 3.8) is 0 Å². The van der Waals surface area contributed by atoms with Crippen molar-refractivity contribution in [3.8, 4) is 6.07 Å². The van der Waals surface area contributed by atoms with Gasteiger partial charge in [0.25, 0.3) is 0 Å². The molecule has 0 fully saturated rings. The summed E-state index contributed by atoms with van der Waals surface area (Å²) < 4.78 is 1.84. The van der Waals surface area contributed by atoms with Crippen molar-refractivity contribution in [2.75, 3.05) is 6.54 Å². The number of hydrogen-bond donors (Lipinski definition) is 1. The second kappa shape index (κ2) is 4.77. The lowest BCUT2D eigenvalue weighted by Crippen LogP contribution is -2.25. The van der Waals surface area contributed by atoms with Crippen molar-refractivity contribution >= 4 is 0 Å². The second-order valence-electron chi connectivity index (χ2n) is 3.54. The van der Waals surface area contributed by atoms with Gasteiger partial charge in [0.05, 0.1) is 17.7 Å². The number of rotatable bonds is 4. The maximum absolute atomic E-state index is 8.63. The highest BCUT2D eigenvalue weighted by molar-refractivity contribution is 5.05. The van der Waals surface area contributed by atoms with E-state index in [1.165, 1.54) is 0 Å². The first kappa shape index (κ1) is 10.7. The van der Waals surface area contributed by atoms with Crippen molar-refractivity contribution in [1.82, 2.24) is 15.1 Å². The van der Waals surface area contributed by atoms with Gasteiger partial charge in [0.15, 0.2) is 0 Å². The maximum Gasteiger partial charge on any atom is 0.0666 e. The van der Waals surface area contributed by atoms with E-state index in [2.05, 4.69) is 23.4 Å². The third-order valence-corrected chi connectivity index (χ3v) is 2.25. The first-order valence-corrected chi connectivity index (χ1v) is 4.76. The summed E-state index contributed by atoms with van der Waals surface area (Å²) >= 11 is 0. The third-order valence-electron chi connectivity index (χ3n) is 2.25. The highest BCUT2D eigenvalue weighted by Gasteiger charge is 2.09. The van der Waals surface area contributed by atoms with Crippen LogP contribution >= 0.6 is 0 Å². The molecule has 1 rings (SSSR count). The van der Waals surface area contributed by atoms with Crippen molar-refractivity contribution in [2.45, 2.75) is 19.9 Å². The predicted octanol–water partition coefficient (Wildman–Crippen LogP) is 1.23. The molecule has 0 aliphatic carbocycles. The van der Waals surface area contributed by atoms with Crippen molar-refractivity contribution in [1.29, 1.82) is 5.26 Å². The van der Waals surface area contributed by atoms with E-state index in [1.54, 1.807) is 6.20 Å². The fraction of sp³-hybridized carbons (Fsp3) is 0.600. The molecular weight excluding hydrogens is 176 g/mol. The fourth-order valence-corrected chi connectivity index (χ4v) is 1.31. The van der Waals surface area contributed by atoms with Gasteiger partial charge >= 0.3 is 0 Å². The Kier molecular flexibility index (Phi) is 3.66. The van der Waals surface area contributed by atoms with Gasteiger partial charge in [0.2, 0.25) is 0 Å². The average Bonchev–Trinajstić information content (AvgIpc) is 2.60. The zero-order valence-corrected chi connectivity index (χ0v) is 8.86. The molecule has 1 heterocycles. The monoisotopic (exact) mass is 192 g/mol. The van der Waals surface area contributed by atoms with E-state index in [0.29, 0.717) is 6.54 Å². The number of aryl methyl sites for hydroxylation is 1. The molecule has 1 aromatic heterocycles. The molecule has 2 atom stereocenters. The van der Waals surface area contributed by atoms with Gasteiger partial charge in [-0.1, -0.05) is 0 Å². The van der Waals surface area contributed by atoms with Gasteiger partial charge in [-0.05, 0) is 19.9 Å². The molecule has 0 saturated heterocycles. The van der Waals surface area contributed by atoms with Crippen molar-refractivity contribution in [3.05, 3.63) is 18.0 Å². The standard InChI is InChI=1S/C10H16N4/c1-8(6-11)7-12-9(2)10-4-5-13-14(10)3/h4-5,8-9,12H,7H2,1-3H3. The normalized spacial score (nSPS) is 14.7. The van der Waals surface area contributed by atoms with Gasteiger partial charge in [-0.25, -0.2) is 0 Å². The van der Waals surface area contributed by atoms with Crippen LogP contribution in [0.1, 0.15) is 25.6 Å². The lowest BCUT2D eigenvalue weighted by atomic mass is 10.2. The van der Waals surface area contributed by atoms with E-state index in [-0.39, 0.29) is 12.0 Å². The van der Waals surface area contributed by atoms with Crippen LogP contribution in [0, 0.1) is 17.2 Å². The number of hydrogen-bond acceptors (Lipinski definition) is 3. The maximum atomic E-state index is 8.63. The van der Waals surface area contributed by atoms with Crippen molar-refractivity contribution in [2.24, 2.45) is 13.0 Å². The molecule has 2 unspecified atom stereocenters. The summed E-state index contributed by atoms with van der Waals surface area (Å²) in [4.78, 5) is 0. The molecule has 1 aromatic rings. The van der Waals surface area contributed by atoms with Crippen LogP contribution in [0.3, 0.4) is 0 Å². The Hall–Kier alpha value is -1.34. The lowest BCUT2D eigenvalue weighted by Gasteiger charge is -2.14. The van der Waals surface area contributed by atoms with E-state index in [9.17, 15) is 0 Å². The minimum atomic E-state index is 0.0469. The van der Waals surface area contributed by atoms with Crippen LogP contribution in [0.4, 0.5) is 0 Å². The van der Waals surface area contributed by atoms with Crippen LogP contribution in [0.2, 0.25) is 0 Å². The molecule has 4 heteroatoms. The molecule has 0 amide bonds. The summed E-state index contributed by atoms with van der Waals surface area (Å²) in [7, 11) is 1.92.